The molecule has 0 aromatic heterocycles. The predicted molar refractivity (Wildman–Crippen MR) is 135 cm³/mol. The molecule has 0 fully saturated rings. The first-order chi connectivity index (χ1) is 16.2. The Hall–Kier alpha value is -3.40. The van der Waals surface area contributed by atoms with Crippen molar-refractivity contribution < 1.29 is 14.5 Å². The third-order valence-corrected chi connectivity index (χ3v) is 7.57. The molecule has 1 aliphatic carbocycles. The van der Waals surface area contributed by atoms with Crippen LogP contribution in [0.5, 0.6) is 0 Å². The predicted octanol–water partition coefficient (Wildman–Crippen LogP) is 5.05. The molecule has 2 aromatic carbocycles. The second-order valence-corrected chi connectivity index (χ2v) is 10.3. The molecule has 2 heterocycles. The fraction of sp³-hybridized carbons (Fsp3) is 0.333. The summed E-state index contributed by atoms with van der Waals surface area (Å²) < 4.78 is 2.13. The minimum atomic E-state index is -0.149. The molecule has 5 rings (SSSR count). The number of carbonyl (C=O) groups is 1. The molecule has 2 atom stereocenters. The van der Waals surface area contributed by atoms with Crippen LogP contribution in [0.15, 0.2) is 83.3 Å². The van der Waals surface area contributed by atoms with Crippen molar-refractivity contribution in [3.8, 4) is 0 Å². The van der Waals surface area contributed by atoms with Crippen LogP contribution in [0.2, 0.25) is 0 Å². The maximum atomic E-state index is 13.2. The van der Waals surface area contributed by atoms with Gasteiger partial charge in [-0.3, -0.25) is 4.79 Å². The summed E-state index contributed by atoms with van der Waals surface area (Å²) in [6.45, 7) is 8.74. The van der Waals surface area contributed by atoms with E-state index < -0.39 is 0 Å². The van der Waals surface area contributed by atoms with Gasteiger partial charge >= 0.3 is 0 Å². The van der Waals surface area contributed by atoms with Gasteiger partial charge in [-0.15, -0.1) is 0 Å². The molecule has 2 unspecified atom stereocenters. The molecular weight excluding hydrogens is 420 g/mol. The summed E-state index contributed by atoms with van der Waals surface area (Å²) >= 11 is 0. The number of nitrogens with zero attached hydrogens (tertiary/aromatic N) is 2. The van der Waals surface area contributed by atoms with E-state index in [2.05, 4.69) is 73.6 Å². The molecule has 4 nitrogen and oxygen atoms in total. The molecule has 0 bridgehead atoms. The molecular formula is C30H32N2O2. The highest BCUT2D eigenvalue weighted by atomic mass is 16.3. The van der Waals surface area contributed by atoms with Crippen molar-refractivity contribution in [3.05, 3.63) is 94.4 Å². The van der Waals surface area contributed by atoms with E-state index in [1.807, 2.05) is 38.4 Å². The number of fused-ring (bicyclic) bond motifs is 2. The van der Waals surface area contributed by atoms with Gasteiger partial charge in [0.25, 0.3) is 0 Å². The second-order valence-electron chi connectivity index (χ2n) is 10.3. The molecule has 0 amide bonds. The Labute approximate surface area is 202 Å². The van der Waals surface area contributed by atoms with Crippen LogP contribution in [-0.2, 0) is 4.79 Å². The molecule has 3 aliphatic rings. The molecule has 2 aliphatic heterocycles. The lowest BCUT2D eigenvalue weighted by molar-refractivity contribution is -0.401. The molecule has 0 N–H and O–H groups in total. The first kappa shape index (κ1) is 22.4. The summed E-state index contributed by atoms with van der Waals surface area (Å²) in [5.74, 6) is 0.736. The van der Waals surface area contributed by atoms with Gasteiger partial charge in [-0.25, -0.2) is 0 Å². The van der Waals surface area contributed by atoms with Crippen molar-refractivity contribution in [3.63, 3.8) is 0 Å². The Bertz CT molecular complexity index is 1320. The Morgan fingerprint density at radius 3 is 2.18 bits per heavy atom. The van der Waals surface area contributed by atoms with Crippen LogP contribution in [0.3, 0.4) is 0 Å². The van der Waals surface area contributed by atoms with Crippen molar-refractivity contribution in [1.29, 1.82) is 0 Å². The lowest BCUT2D eigenvalue weighted by Crippen LogP contribution is -2.32. The van der Waals surface area contributed by atoms with Crippen LogP contribution in [0.4, 0.5) is 11.4 Å². The number of hydrogen-bond donors (Lipinski definition) is 0. The van der Waals surface area contributed by atoms with Crippen LogP contribution < -0.4 is 10.0 Å². The number of allylic oxidation sites excluding steroid dienone is 5. The third-order valence-electron chi connectivity index (χ3n) is 7.57. The molecule has 0 spiro atoms. The molecule has 4 heteroatoms. The van der Waals surface area contributed by atoms with Gasteiger partial charge in [0, 0.05) is 53.2 Å². The van der Waals surface area contributed by atoms with Gasteiger partial charge in [-0.1, -0.05) is 69.9 Å². The first-order valence-corrected chi connectivity index (χ1v) is 12.1. The van der Waals surface area contributed by atoms with Gasteiger partial charge in [0.1, 0.15) is 7.05 Å². The SMILES string of the molecule is CC(C)C1C(/C=C2\C(=O)C(/C=C3/C(C(C)C)c4ccccc4N3C)=C2[O-])=[N+](C)c2ccccc21. The van der Waals surface area contributed by atoms with E-state index in [0.717, 1.165) is 22.8 Å². The van der Waals surface area contributed by atoms with Crippen molar-refractivity contribution >= 4 is 22.9 Å². The van der Waals surface area contributed by atoms with Crippen LogP contribution in [0.25, 0.3) is 0 Å². The van der Waals surface area contributed by atoms with Gasteiger partial charge in [0.05, 0.1) is 5.92 Å². The van der Waals surface area contributed by atoms with Crippen LogP contribution in [0, 0.1) is 11.8 Å². The monoisotopic (exact) mass is 452 g/mol. The van der Waals surface area contributed by atoms with Crippen molar-refractivity contribution in [1.82, 2.24) is 0 Å². The number of benzene rings is 2. The van der Waals surface area contributed by atoms with Crippen LogP contribution in [0.1, 0.15) is 50.7 Å². The highest BCUT2D eigenvalue weighted by molar-refractivity contribution is 6.23. The average molecular weight is 453 g/mol. The van der Waals surface area contributed by atoms with Crippen LogP contribution in [-0.4, -0.2) is 30.2 Å². The number of hydrogen-bond acceptors (Lipinski definition) is 3. The number of likely N-dealkylation sites (N-methyl/N-ethyl adjacent to an activating group) is 1. The lowest BCUT2D eigenvalue weighted by atomic mass is 9.80. The summed E-state index contributed by atoms with van der Waals surface area (Å²) in [5.41, 5.74) is 7.42. The Morgan fingerprint density at radius 2 is 1.53 bits per heavy atom. The van der Waals surface area contributed by atoms with E-state index in [9.17, 15) is 9.90 Å². The molecule has 34 heavy (non-hydrogen) atoms. The fourth-order valence-electron chi connectivity index (χ4n) is 5.89. The van der Waals surface area contributed by atoms with Gasteiger partial charge in [0.2, 0.25) is 5.69 Å². The van der Waals surface area contributed by atoms with Crippen molar-refractivity contribution in [2.45, 2.75) is 39.5 Å². The van der Waals surface area contributed by atoms with Gasteiger partial charge < -0.3 is 10.0 Å². The van der Waals surface area contributed by atoms with Gasteiger partial charge in [-0.05, 0) is 29.5 Å². The third kappa shape index (κ3) is 3.19. The van der Waals surface area contributed by atoms with Crippen LogP contribution >= 0.6 is 0 Å². The maximum absolute atomic E-state index is 13.2. The standard InChI is InChI=1S/C30H32N2O2/c1-17(2)27-19-11-7-9-13-23(19)31(5)25(27)15-21-29(33)22(30(21)34)16-26-28(18(3)4)20-12-8-10-14-24(20)32(26)6/h7-18,27-28H,1-6H3. The van der Waals surface area contributed by atoms with E-state index in [4.69, 9.17) is 0 Å². The zero-order chi connectivity index (χ0) is 24.3. The number of rotatable bonds is 4. The number of ketones is 1. The zero-order valence-electron chi connectivity index (χ0n) is 20.8. The van der Waals surface area contributed by atoms with Crippen molar-refractivity contribution in [2.75, 3.05) is 19.0 Å². The number of carbonyl (C=O) groups excluding carboxylic acids is 1. The molecule has 174 valence electrons. The topological polar surface area (TPSA) is 46.4 Å². The summed E-state index contributed by atoms with van der Waals surface area (Å²) in [4.78, 5) is 15.4. The minimum absolute atomic E-state index is 0.149. The Kier molecular flexibility index (Phi) is 5.35. The highest BCUT2D eigenvalue weighted by Gasteiger charge is 2.40. The molecule has 0 saturated heterocycles. The fourth-order valence-corrected chi connectivity index (χ4v) is 5.89. The van der Waals surface area contributed by atoms with E-state index in [1.54, 1.807) is 0 Å². The summed E-state index contributed by atoms with van der Waals surface area (Å²) in [6.07, 6.45) is 3.68. The highest BCUT2D eigenvalue weighted by Crippen LogP contribution is 2.47. The average Bonchev–Trinajstić information content (AvgIpc) is 3.27. The summed E-state index contributed by atoms with van der Waals surface area (Å²) in [5, 5.41) is 13.2. The molecule has 0 radical (unpaired) electrons. The van der Waals surface area contributed by atoms with E-state index in [1.165, 1.54) is 11.1 Å². The van der Waals surface area contributed by atoms with E-state index in [0.29, 0.717) is 23.0 Å². The Morgan fingerprint density at radius 1 is 0.912 bits per heavy atom. The van der Waals surface area contributed by atoms with E-state index >= 15 is 0 Å². The van der Waals surface area contributed by atoms with E-state index in [-0.39, 0.29) is 23.4 Å². The smallest absolute Gasteiger partial charge is 0.209 e. The quantitative estimate of drug-likeness (QED) is 0.482. The second kappa shape index (κ2) is 8.12. The first-order valence-electron chi connectivity index (χ1n) is 12.1. The lowest BCUT2D eigenvalue weighted by Gasteiger charge is -2.31. The van der Waals surface area contributed by atoms with Gasteiger partial charge in [0.15, 0.2) is 11.5 Å². The van der Waals surface area contributed by atoms with Crippen molar-refractivity contribution in [2.24, 2.45) is 11.8 Å². The number of anilines is 1. The van der Waals surface area contributed by atoms with Gasteiger partial charge in [-0.2, -0.15) is 4.58 Å². The minimum Gasteiger partial charge on any atom is -0.871 e. The zero-order valence-corrected chi connectivity index (χ0v) is 20.8. The summed E-state index contributed by atoms with van der Waals surface area (Å²) in [7, 11) is 4.04. The summed E-state index contributed by atoms with van der Waals surface area (Å²) in [6, 6.07) is 16.7. The molecule has 2 aromatic rings. The molecule has 0 saturated carbocycles. The normalized spacial score (nSPS) is 24.1. The largest absolute Gasteiger partial charge is 0.871 e. The number of Topliss-reactive ketones (excluding diaryl/α,β-unsaturated/α-hetero) is 1. The number of para-hydroxylation sites is 2. The maximum Gasteiger partial charge on any atom is 0.209 e. The Balaban J connectivity index is 1.54.